The van der Waals surface area contributed by atoms with Gasteiger partial charge in [-0.1, -0.05) is 258 Å². The van der Waals surface area contributed by atoms with Gasteiger partial charge in [0.15, 0.2) is 6.10 Å². The standard InChI is InChI=1S/C52H100O6/c1-4-7-10-13-16-19-21-23-24-25-26-27-28-29-31-34-36-39-42-45-51(54)57-48-49(58-52(55)46-43-40-37-32-18-15-12-9-6-3)47-56-50(53)44-41-38-35-33-30-22-20-17-14-11-8-5-2/h49H,4-48H2,1-3H3/t49-/m0/s1. The summed E-state index contributed by atoms with van der Waals surface area (Å²) in [5.74, 6) is -0.845. The second-order valence-electron chi connectivity index (χ2n) is 17.8. The Kier molecular flexibility index (Phi) is 46.8. The third kappa shape index (κ3) is 45.5. The Morgan fingerprint density at radius 2 is 0.466 bits per heavy atom. The van der Waals surface area contributed by atoms with Gasteiger partial charge in [0, 0.05) is 19.3 Å². The van der Waals surface area contributed by atoms with E-state index >= 15 is 0 Å². The summed E-state index contributed by atoms with van der Waals surface area (Å²) in [6.07, 6.45) is 50.9. The molecule has 0 fully saturated rings. The van der Waals surface area contributed by atoms with Gasteiger partial charge >= 0.3 is 17.9 Å². The summed E-state index contributed by atoms with van der Waals surface area (Å²) < 4.78 is 16.8. The molecule has 6 heteroatoms. The summed E-state index contributed by atoms with van der Waals surface area (Å²) in [7, 11) is 0. The van der Waals surface area contributed by atoms with E-state index in [1.807, 2.05) is 0 Å². The molecule has 0 heterocycles. The monoisotopic (exact) mass is 821 g/mol. The van der Waals surface area contributed by atoms with Gasteiger partial charge in [0.25, 0.3) is 0 Å². The maximum atomic E-state index is 12.7. The highest BCUT2D eigenvalue weighted by Gasteiger charge is 2.19. The Hall–Kier alpha value is -1.59. The number of carbonyl (C=O) groups excluding carboxylic acids is 3. The first kappa shape index (κ1) is 56.4. The number of rotatable bonds is 48. The summed E-state index contributed by atoms with van der Waals surface area (Å²) >= 11 is 0. The van der Waals surface area contributed by atoms with Gasteiger partial charge < -0.3 is 14.2 Å². The van der Waals surface area contributed by atoms with Crippen molar-refractivity contribution in [3.05, 3.63) is 0 Å². The van der Waals surface area contributed by atoms with E-state index in [-0.39, 0.29) is 31.1 Å². The zero-order valence-electron chi connectivity index (χ0n) is 39.3. The van der Waals surface area contributed by atoms with Gasteiger partial charge in [-0.3, -0.25) is 14.4 Å². The topological polar surface area (TPSA) is 78.9 Å². The van der Waals surface area contributed by atoms with Gasteiger partial charge in [-0.25, -0.2) is 0 Å². The third-order valence-electron chi connectivity index (χ3n) is 11.9. The molecule has 0 radical (unpaired) electrons. The lowest BCUT2D eigenvalue weighted by Gasteiger charge is -2.18. The third-order valence-corrected chi connectivity index (χ3v) is 11.9. The van der Waals surface area contributed by atoms with E-state index in [0.717, 1.165) is 57.8 Å². The zero-order valence-corrected chi connectivity index (χ0v) is 39.3. The van der Waals surface area contributed by atoms with Crippen molar-refractivity contribution >= 4 is 17.9 Å². The van der Waals surface area contributed by atoms with Crippen LogP contribution in [0.2, 0.25) is 0 Å². The van der Waals surface area contributed by atoms with Crippen LogP contribution >= 0.6 is 0 Å². The van der Waals surface area contributed by atoms with Crippen LogP contribution in [0.15, 0.2) is 0 Å². The van der Waals surface area contributed by atoms with Crippen LogP contribution in [0.5, 0.6) is 0 Å². The lowest BCUT2D eigenvalue weighted by molar-refractivity contribution is -0.167. The predicted molar refractivity (Wildman–Crippen MR) is 247 cm³/mol. The van der Waals surface area contributed by atoms with E-state index in [0.29, 0.717) is 19.3 Å². The molecule has 0 saturated carbocycles. The van der Waals surface area contributed by atoms with Crippen LogP contribution in [-0.4, -0.2) is 37.2 Å². The molecule has 0 saturated heterocycles. The highest BCUT2D eigenvalue weighted by atomic mass is 16.6. The van der Waals surface area contributed by atoms with Gasteiger partial charge in [-0.15, -0.1) is 0 Å². The van der Waals surface area contributed by atoms with Crippen molar-refractivity contribution in [2.75, 3.05) is 13.2 Å². The van der Waals surface area contributed by atoms with Gasteiger partial charge in [0.05, 0.1) is 0 Å². The first-order valence-corrected chi connectivity index (χ1v) is 26.0. The summed E-state index contributed by atoms with van der Waals surface area (Å²) in [4.78, 5) is 37.8. The largest absolute Gasteiger partial charge is 0.462 e. The molecule has 0 bridgehead atoms. The zero-order chi connectivity index (χ0) is 42.3. The number of hydrogen-bond acceptors (Lipinski definition) is 6. The van der Waals surface area contributed by atoms with Crippen LogP contribution in [0.1, 0.15) is 297 Å². The smallest absolute Gasteiger partial charge is 0.306 e. The van der Waals surface area contributed by atoms with Crippen molar-refractivity contribution in [2.24, 2.45) is 0 Å². The minimum Gasteiger partial charge on any atom is -0.462 e. The molecule has 0 aromatic heterocycles. The molecule has 0 aliphatic rings. The Morgan fingerprint density at radius 1 is 0.276 bits per heavy atom. The number of esters is 3. The SMILES string of the molecule is CCCCCCCCCCCCCCCCCCCCCC(=O)OC[C@H](COC(=O)CCCCCCCCCCCCCC)OC(=O)CCCCCCCCCCC. The lowest BCUT2D eigenvalue weighted by Crippen LogP contribution is -2.30. The summed E-state index contributed by atoms with van der Waals surface area (Å²) in [5.41, 5.74) is 0. The Morgan fingerprint density at radius 3 is 0.690 bits per heavy atom. The normalized spacial score (nSPS) is 11.8. The fourth-order valence-corrected chi connectivity index (χ4v) is 7.92. The molecule has 0 spiro atoms. The van der Waals surface area contributed by atoms with Crippen molar-refractivity contribution in [3.63, 3.8) is 0 Å². The molecule has 1 atom stereocenters. The molecule has 344 valence electrons. The van der Waals surface area contributed by atoms with Gasteiger partial charge in [-0.05, 0) is 19.3 Å². The van der Waals surface area contributed by atoms with Crippen molar-refractivity contribution in [2.45, 2.75) is 303 Å². The fourth-order valence-electron chi connectivity index (χ4n) is 7.92. The maximum Gasteiger partial charge on any atom is 0.306 e. The second-order valence-corrected chi connectivity index (χ2v) is 17.8. The molecule has 0 aromatic rings. The fraction of sp³-hybridized carbons (Fsp3) is 0.942. The van der Waals surface area contributed by atoms with Crippen LogP contribution in [0.3, 0.4) is 0 Å². The average Bonchev–Trinajstić information content (AvgIpc) is 3.22. The first-order chi connectivity index (χ1) is 28.5. The van der Waals surface area contributed by atoms with E-state index in [9.17, 15) is 14.4 Å². The van der Waals surface area contributed by atoms with E-state index in [4.69, 9.17) is 14.2 Å². The molecule has 0 unspecified atom stereocenters. The molecule has 0 N–H and O–H groups in total. The molecule has 0 aliphatic carbocycles. The highest BCUT2D eigenvalue weighted by molar-refractivity contribution is 5.71. The Balaban J connectivity index is 4.18. The van der Waals surface area contributed by atoms with Crippen LogP contribution in [0, 0.1) is 0 Å². The van der Waals surface area contributed by atoms with Crippen LogP contribution in [-0.2, 0) is 28.6 Å². The molecule has 0 aromatic carbocycles. The maximum absolute atomic E-state index is 12.7. The quantitative estimate of drug-likeness (QED) is 0.0346. The summed E-state index contributed by atoms with van der Waals surface area (Å²) in [5, 5.41) is 0. The molecular formula is C52H100O6. The van der Waals surface area contributed by atoms with Gasteiger partial charge in [-0.2, -0.15) is 0 Å². The number of unbranched alkanes of at least 4 members (excludes halogenated alkanes) is 37. The van der Waals surface area contributed by atoms with E-state index in [1.54, 1.807) is 0 Å². The predicted octanol–water partition coefficient (Wildman–Crippen LogP) is 16.8. The van der Waals surface area contributed by atoms with Gasteiger partial charge in [0.2, 0.25) is 0 Å². The second kappa shape index (κ2) is 48.1. The van der Waals surface area contributed by atoms with Crippen LogP contribution < -0.4 is 0 Å². The van der Waals surface area contributed by atoms with E-state index in [1.165, 1.54) is 199 Å². The van der Waals surface area contributed by atoms with E-state index in [2.05, 4.69) is 20.8 Å². The molecule has 0 amide bonds. The first-order valence-electron chi connectivity index (χ1n) is 26.0. The van der Waals surface area contributed by atoms with E-state index < -0.39 is 6.10 Å². The molecule has 58 heavy (non-hydrogen) atoms. The molecule has 0 aliphatic heterocycles. The van der Waals surface area contributed by atoms with Crippen LogP contribution in [0.4, 0.5) is 0 Å². The molecule has 0 rings (SSSR count). The molecule has 6 nitrogen and oxygen atoms in total. The average molecular weight is 821 g/mol. The van der Waals surface area contributed by atoms with Crippen molar-refractivity contribution in [3.8, 4) is 0 Å². The van der Waals surface area contributed by atoms with Crippen LogP contribution in [0.25, 0.3) is 0 Å². The van der Waals surface area contributed by atoms with Crippen molar-refractivity contribution in [1.82, 2.24) is 0 Å². The Labute approximate surface area is 361 Å². The Bertz CT molecular complexity index is 859. The minimum absolute atomic E-state index is 0.0622. The lowest BCUT2D eigenvalue weighted by atomic mass is 10.0. The molecular weight excluding hydrogens is 721 g/mol. The van der Waals surface area contributed by atoms with Gasteiger partial charge in [0.1, 0.15) is 13.2 Å². The number of hydrogen-bond donors (Lipinski definition) is 0. The minimum atomic E-state index is -0.758. The van der Waals surface area contributed by atoms with Crippen molar-refractivity contribution in [1.29, 1.82) is 0 Å². The highest BCUT2D eigenvalue weighted by Crippen LogP contribution is 2.17. The van der Waals surface area contributed by atoms with Crippen molar-refractivity contribution < 1.29 is 28.6 Å². The summed E-state index contributed by atoms with van der Waals surface area (Å²) in [6.45, 7) is 6.66. The number of ether oxygens (including phenoxy) is 3. The summed E-state index contributed by atoms with van der Waals surface area (Å²) in [6, 6.07) is 0. The number of carbonyl (C=O) groups is 3.